The summed E-state index contributed by atoms with van der Waals surface area (Å²) in [4.78, 5) is 12.1. The van der Waals surface area contributed by atoms with Gasteiger partial charge in [-0.05, 0) is 32.0 Å². The first-order valence-electron chi connectivity index (χ1n) is 7.82. The van der Waals surface area contributed by atoms with Crippen molar-refractivity contribution in [3.05, 3.63) is 75.7 Å². The predicted octanol–water partition coefficient (Wildman–Crippen LogP) is 3.70. The Morgan fingerprint density at radius 2 is 2.12 bits per heavy atom. The number of aromatic nitrogens is 2. The molecule has 0 atom stereocenters. The maximum atomic E-state index is 13.5. The molecule has 0 unspecified atom stereocenters. The normalized spacial score (nSPS) is 11.2. The van der Waals surface area contributed by atoms with Crippen molar-refractivity contribution in [2.75, 3.05) is 0 Å². The largest absolute Gasteiger partial charge is 0.454 e. The molecule has 0 aliphatic rings. The average molecular weight is 375 g/mol. The summed E-state index contributed by atoms with van der Waals surface area (Å²) in [6.45, 7) is 4.03. The summed E-state index contributed by atoms with van der Waals surface area (Å²) in [5.41, 5.74) is 4.13. The predicted molar refractivity (Wildman–Crippen MR) is 96.0 cm³/mol. The number of benzene rings is 1. The van der Waals surface area contributed by atoms with Gasteiger partial charge in [-0.3, -0.25) is 9.48 Å². The molecular formula is C18H16ClFN4O2. The first kappa shape index (κ1) is 17.9. The van der Waals surface area contributed by atoms with Crippen molar-refractivity contribution in [3.63, 3.8) is 0 Å². The molecule has 2 heterocycles. The van der Waals surface area contributed by atoms with Crippen molar-refractivity contribution < 1.29 is 13.6 Å². The summed E-state index contributed by atoms with van der Waals surface area (Å²) in [7, 11) is 0. The van der Waals surface area contributed by atoms with Crippen LogP contribution in [-0.2, 0) is 6.54 Å². The second-order valence-electron chi connectivity index (χ2n) is 5.63. The number of nitrogens with zero attached hydrogens (tertiary/aromatic N) is 3. The summed E-state index contributed by atoms with van der Waals surface area (Å²) in [5.74, 6) is -0.307. The van der Waals surface area contributed by atoms with Gasteiger partial charge in [0.15, 0.2) is 5.76 Å². The molecule has 0 radical (unpaired) electrons. The first-order valence-corrected chi connectivity index (χ1v) is 8.19. The Hall–Kier alpha value is -2.93. The third-order valence-corrected chi connectivity index (χ3v) is 4.31. The van der Waals surface area contributed by atoms with Crippen molar-refractivity contribution in [1.29, 1.82) is 0 Å². The Balaban J connectivity index is 1.64. The number of furan rings is 1. The van der Waals surface area contributed by atoms with Crippen molar-refractivity contribution in [3.8, 4) is 0 Å². The molecule has 0 spiro atoms. The molecule has 0 fully saturated rings. The Labute approximate surface area is 154 Å². The monoisotopic (exact) mass is 374 g/mol. The Kier molecular flexibility index (Phi) is 5.18. The van der Waals surface area contributed by atoms with Gasteiger partial charge >= 0.3 is 5.91 Å². The van der Waals surface area contributed by atoms with Crippen LogP contribution in [0.3, 0.4) is 0 Å². The minimum Gasteiger partial charge on any atom is -0.454 e. The minimum absolute atomic E-state index is 0.0957. The third-order valence-electron chi connectivity index (χ3n) is 3.76. The summed E-state index contributed by atoms with van der Waals surface area (Å²) in [6.07, 6.45) is 1.23. The van der Waals surface area contributed by atoms with E-state index in [4.69, 9.17) is 16.0 Å². The van der Waals surface area contributed by atoms with Crippen molar-refractivity contribution >= 4 is 23.7 Å². The number of hydrazone groups is 1. The van der Waals surface area contributed by atoms with E-state index in [1.807, 2.05) is 13.8 Å². The van der Waals surface area contributed by atoms with Gasteiger partial charge in [0.05, 0.1) is 29.2 Å². The molecule has 8 heteroatoms. The van der Waals surface area contributed by atoms with Gasteiger partial charge in [0.2, 0.25) is 0 Å². The number of hydrogen-bond donors (Lipinski definition) is 1. The quantitative estimate of drug-likeness (QED) is 0.546. The van der Waals surface area contributed by atoms with E-state index < -0.39 is 11.7 Å². The summed E-state index contributed by atoms with van der Waals surface area (Å²) < 4.78 is 20.7. The number of rotatable bonds is 5. The lowest BCUT2D eigenvalue weighted by atomic mass is 10.2. The lowest BCUT2D eigenvalue weighted by Gasteiger charge is -2.01. The topological polar surface area (TPSA) is 72.4 Å². The van der Waals surface area contributed by atoms with E-state index >= 15 is 0 Å². The lowest BCUT2D eigenvalue weighted by Crippen LogP contribution is -2.17. The molecule has 134 valence electrons. The van der Waals surface area contributed by atoms with Gasteiger partial charge in [0.1, 0.15) is 11.6 Å². The molecule has 3 rings (SSSR count). The third kappa shape index (κ3) is 3.83. The van der Waals surface area contributed by atoms with Crippen LogP contribution in [0.2, 0.25) is 5.02 Å². The number of carbonyl (C=O) groups excluding carboxylic acids is 1. The zero-order chi connectivity index (χ0) is 18.7. The highest BCUT2D eigenvalue weighted by atomic mass is 35.5. The van der Waals surface area contributed by atoms with Crippen LogP contribution in [0.4, 0.5) is 4.39 Å². The molecule has 6 nitrogen and oxygen atoms in total. The van der Waals surface area contributed by atoms with Gasteiger partial charge in [0.25, 0.3) is 0 Å². The smallest absolute Gasteiger partial charge is 0.307 e. The Bertz CT molecular complexity index is 977. The van der Waals surface area contributed by atoms with E-state index in [0.29, 0.717) is 17.3 Å². The Morgan fingerprint density at radius 1 is 1.35 bits per heavy atom. The van der Waals surface area contributed by atoms with E-state index in [2.05, 4.69) is 15.6 Å². The summed E-state index contributed by atoms with van der Waals surface area (Å²) in [5, 5.41) is 8.67. The minimum atomic E-state index is -0.532. The zero-order valence-electron chi connectivity index (χ0n) is 14.2. The van der Waals surface area contributed by atoms with Crippen LogP contribution in [0.25, 0.3) is 0 Å². The SMILES string of the molecule is Cc1nn(Cc2ccc(C(=O)N/N=C/c3ccccc3F)o2)c(C)c1Cl. The number of hydrogen-bond acceptors (Lipinski definition) is 4. The van der Waals surface area contributed by atoms with E-state index in [-0.39, 0.29) is 11.3 Å². The fourth-order valence-electron chi connectivity index (χ4n) is 2.36. The molecule has 1 N–H and O–H groups in total. The van der Waals surface area contributed by atoms with Crippen LogP contribution in [0.5, 0.6) is 0 Å². The van der Waals surface area contributed by atoms with Gasteiger partial charge in [-0.2, -0.15) is 10.2 Å². The first-order chi connectivity index (χ1) is 12.5. The van der Waals surface area contributed by atoms with Crippen LogP contribution < -0.4 is 5.43 Å². The summed E-state index contributed by atoms with van der Waals surface area (Å²) in [6, 6.07) is 9.33. The molecule has 3 aromatic rings. The number of carbonyl (C=O) groups is 1. The molecule has 26 heavy (non-hydrogen) atoms. The van der Waals surface area contributed by atoms with Gasteiger partial charge < -0.3 is 4.42 Å². The Morgan fingerprint density at radius 3 is 2.81 bits per heavy atom. The van der Waals surface area contributed by atoms with Gasteiger partial charge in [-0.1, -0.05) is 29.8 Å². The fourth-order valence-corrected chi connectivity index (χ4v) is 2.49. The maximum Gasteiger partial charge on any atom is 0.307 e. The highest BCUT2D eigenvalue weighted by Gasteiger charge is 2.14. The summed E-state index contributed by atoms with van der Waals surface area (Å²) >= 11 is 6.12. The second kappa shape index (κ2) is 7.53. The molecule has 0 saturated heterocycles. The number of aryl methyl sites for hydroxylation is 1. The van der Waals surface area contributed by atoms with Crippen LogP contribution in [0.1, 0.15) is 33.3 Å². The van der Waals surface area contributed by atoms with Crippen LogP contribution in [-0.4, -0.2) is 21.9 Å². The molecule has 1 aromatic carbocycles. The van der Waals surface area contributed by atoms with Crippen molar-refractivity contribution in [2.45, 2.75) is 20.4 Å². The van der Waals surface area contributed by atoms with E-state index in [1.54, 1.807) is 28.9 Å². The molecule has 1 amide bonds. The number of halogens is 2. The van der Waals surface area contributed by atoms with Crippen LogP contribution in [0, 0.1) is 19.7 Å². The molecule has 0 bridgehead atoms. The fraction of sp³-hybridized carbons (Fsp3) is 0.167. The highest BCUT2D eigenvalue weighted by Crippen LogP contribution is 2.20. The van der Waals surface area contributed by atoms with Gasteiger partial charge in [-0.15, -0.1) is 0 Å². The van der Waals surface area contributed by atoms with Crippen molar-refractivity contribution in [1.82, 2.24) is 15.2 Å². The maximum absolute atomic E-state index is 13.5. The zero-order valence-corrected chi connectivity index (χ0v) is 14.9. The standard InChI is InChI=1S/C18H16ClFN4O2/c1-11-17(19)12(2)24(23-11)10-14-7-8-16(26-14)18(25)22-21-9-13-5-3-4-6-15(13)20/h3-9H,10H2,1-2H3,(H,22,25)/b21-9+. The molecule has 0 saturated carbocycles. The van der Waals surface area contributed by atoms with Gasteiger partial charge in [0, 0.05) is 5.56 Å². The van der Waals surface area contributed by atoms with Gasteiger partial charge in [-0.25, -0.2) is 9.82 Å². The lowest BCUT2D eigenvalue weighted by molar-refractivity contribution is 0.0925. The highest BCUT2D eigenvalue weighted by molar-refractivity contribution is 6.31. The number of amides is 1. The average Bonchev–Trinajstić information content (AvgIpc) is 3.18. The second-order valence-corrected chi connectivity index (χ2v) is 6.01. The molecule has 2 aromatic heterocycles. The van der Waals surface area contributed by atoms with Crippen LogP contribution >= 0.6 is 11.6 Å². The van der Waals surface area contributed by atoms with E-state index in [9.17, 15) is 9.18 Å². The molecule has 0 aliphatic carbocycles. The van der Waals surface area contributed by atoms with Crippen LogP contribution in [0.15, 0.2) is 45.9 Å². The van der Waals surface area contributed by atoms with E-state index in [0.717, 1.165) is 11.4 Å². The van der Waals surface area contributed by atoms with Crippen molar-refractivity contribution in [2.24, 2.45) is 5.10 Å². The van der Waals surface area contributed by atoms with E-state index in [1.165, 1.54) is 18.3 Å². The molecule has 0 aliphatic heterocycles. The molecular weight excluding hydrogens is 359 g/mol. The number of nitrogens with one attached hydrogen (secondary N) is 1.